The molecule has 0 saturated carbocycles. The molecule has 0 amide bonds. The van der Waals surface area contributed by atoms with E-state index in [-0.39, 0.29) is 5.54 Å². The third-order valence-corrected chi connectivity index (χ3v) is 3.64. The van der Waals surface area contributed by atoms with Crippen LogP contribution in [0.5, 0.6) is 0 Å². The van der Waals surface area contributed by atoms with E-state index in [1.54, 1.807) is 0 Å². The number of rotatable bonds is 5. The second-order valence-corrected chi connectivity index (χ2v) is 4.99. The molecule has 0 unspecified atom stereocenters. The molecule has 1 aromatic carbocycles. The van der Waals surface area contributed by atoms with Gasteiger partial charge in [0.15, 0.2) is 0 Å². The van der Waals surface area contributed by atoms with Crippen LogP contribution in [-0.4, -0.2) is 17.5 Å². The minimum absolute atomic E-state index is 0.238. The lowest BCUT2D eigenvalue weighted by atomic mass is 9.98. The molecule has 0 aromatic heterocycles. The molecule has 0 radical (unpaired) electrons. The summed E-state index contributed by atoms with van der Waals surface area (Å²) in [6.45, 7) is 8.37. The molecule has 0 saturated heterocycles. The Morgan fingerprint density at radius 1 is 1.19 bits per heavy atom. The summed E-state index contributed by atoms with van der Waals surface area (Å²) < 4.78 is 0. The van der Waals surface area contributed by atoms with Crippen molar-refractivity contribution in [3.63, 3.8) is 0 Å². The van der Waals surface area contributed by atoms with Crippen molar-refractivity contribution in [2.45, 2.75) is 45.8 Å². The molecule has 0 aliphatic rings. The van der Waals surface area contributed by atoms with Gasteiger partial charge in [0.05, 0.1) is 0 Å². The highest BCUT2D eigenvalue weighted by Crippen LogP contribution is 2.20. The summed E-state index contributed by atoms with van der Waals surface area (Å²) in [5.74, 6) is 0. The van der Waals surface area contributed by atoms with Crippen LogP contribution < -0.4 is 5.73 Å². The number of nitrogens with zero attached hydrogens (tertiary/aromatic N) is 1. The van der Waals surface area contributed by atoms with Gasteiger partial charge in [-0.2, -0.15) is 0 Å². The average molecular weight is 220 g/mol. The van der Waals surface area contributed by atoms with E-state index in [0.29, 0.717) is 6.54 Å². The average Bonchev–Trinajstić information content (AvgIpc) is 2.29. The fourth-order valence-corrected chi connectivity index (χ4v) is 1.65. The summed E-state index contributed by atoms with van der Waals surface area (Å²) in [6.07, 6.45) is 1.15. The number of nitrogens with two attached hydrogens (primary N) is 1. The lowest BCUT2D eigenvalue weighted by Gasteiger charge is -2.35. The lowest BCUT2D eigenvalue weighted by Crippen LogP contribution is -2.40. The highest BCUT2D eigenvalue weighted by molar-refractivity contribution is 5.26. The Labute approximate surface area is 99.5 Å². The summed E-state index contributed by atoms with van der Waals surface area (Å²) in [5.41, 5.74) is 8.58. The fraction of sp³-hybridized carbons (Fsp3) is 0.571. The Morgan fingerprint density at radius 3 is 2.25 bits per heavy atom. The standard InChI is InChI=1S/C14H24N2/c1-5-14(2,3)16(4)11-13-9-7-6-8-12(13)10-15/h6-9H,5,10-11,15H2,1-4H3. The zero-order chi connectivity index (χ0) is 12.2. The second-order valence-electron chi connectivity index (χ2n) is 4.99. The molecule has 0 fully saturated rings. The molecule has 0 bridgehead atoms. The van der Waals surface area contributed by atoms with Crippen LogP contribution >= 0.6 is 0 Å². The fourth-order valence-electron chi connectivity index (χ4n) is 1.65. The first kappa shape index (κ1) is 13.2. The predicted octanol–water partition coefficient (Wildman–Crippen LogP) is 2.77. The van der Waals surface area contributed by atoms with Gasteiger partial charge >= 0.3 is 0 Å². The number of hydrogen-bond donors (Lipinski definition) is 1. The molecule has 1 rings (SSSR count). The Bertz CT molecular complexity index is 331. The van der Waals surface area contributed by atoms with Crippen LogP contribution in [0, 0.1) is 0 Å². The summed E-state index contributed by atoms with van der Waals surface area (Å²) >= 11 is 0. The molecule has 90 valence electrons. The molecule has 0 aliphatic heterocycles. The third kappa shape index (κ3) is 3.06. The molecule has 0 atom stereocenters. The van der Waals surface area contributed by atoms with Crippen molar-refractivity contribution in [3.8, 4) is 0 Å². The lowest BCUT2D eigenvalue weighted by molar-refractivity contribution is 0.142. The van der Waals surface area contributed by atoms with Gasteiger partial charge in [0.2, 0.25) is 0 Å². The summed E-state index contributed by atoms with van der Waals surface area (Å²) in [6, 6.07) is 8.42. The first-order chi connectivity index (χ1) is 7.51. The zero-order valence-electron chi connectivity index (χ0n) is 11.0. The van der Waals surface area contributed by atoms with E-state index < -0.39 is 0 Å². The smallest absolute Gasteiger partial charge is 0.0239 e. The van der Waals surface area contributed by atoms with E-state index in [1.807, 2.05) is 0 Å². The second kappa shape index (κ2) is 5.46. The summed E-state index contributed by atoms with van der Waals surface area (Å²) in [4.78, 5) is 2.39. The van der Waals surface area contributed by atoms with Crippen molar-refractivity contribution in [2.24, 2.45) is 5.73 Å². The van der Waals surface area contributed by atoms with Gasteiger partial charge in [-0.1, -0.05) is 31.2 Å². The molecular formula is C14H24N2. The van der Waals surface area contributed by atoms with Gasteiger partial charge in [-0.3, -0.25) is 4.90 Å². The van der Waals surface area contributed by atoms with E-state index in [2.05, 4.69) is 57.0 Å². The van der Waals surface area contributed by atoms with Gasteiger partial charge < -0.3 is 5.73 Å². The van der Waals surface area contributed by atoms with Crippen molar-refractivity contribution < 1.29 is 0 Å². The van der Waals surface area contributed by atoms with Crippen LogP contribution in [0.15, 0.2) is 24.3 Å². The van der Waals surface area contributed by atoms with Crippen LogP contribution in [0.25, 0.3) is 0 Å². The van der Waals surface area contributed by atoms with Gasteiger partial charge in [0.1, 0.15) is 0 Å². The molecular weight excluding hydrogens is 196 g/mol. The van der Waals surface area contributed by atoms with Crippen molar-refractivity contribution in [2.75, 3.05) is 7.05 Å². The van der Waals surface area contributed by atoms with Crippen LogP contribution in [-0.2, 0) is 13.1 Å². The van der Waals surface area contributed by atoms with Gasteiger partial charge in [-0.25, -0.2) is 0 Å². The van der Waals surface area contributed by atoms with Gasteiger partial charge in [-0.05, 0) is 38.4 Å². The Morgan fingerprint density at radius 2 is 1.75 bits per heavy atom. The maximum absolute atomic E-state index is 5.75. The minimum atomic E-state index is 0.238. The van der Waals surface area contributed by atoms with Gasteiger partial charge in [0.25, 0.3) is 0 Å². The topological polar surface area (TPSA) is 29.3 Å². The van der Waals surface area contributed by atoms with Crippen LogP contribution in [0.3, 0.4) is 0 Å². The quantitative estimate of drug-likeness (QED) is 0.826. The van der Waals surface area contributed by atoms with Crippen molar-refractivity contribution in [1.82, 2.24) is 4.90 Å². The van der Waals surface area contributed by atoms with E-state index in [9.17, 15) is 0 Å². The third-order valence-electron chi connectivity index (χ3n) is 3.64. The maximum Gasteiger partial charge on any atom is 0.0239 e. The van der Waals surface area contributed by atoms with E-state index >= 15 is 0 Å². The molecule has 0 spiro atoms. The van der Waals surface area contributed by atoms with Gasteiger partial charge in [-0.15, -0.1) is 0 Å². The molecule has 2 N–H and O–H groups in total. The molecule has 2 nitrogen and oxygen atoms in total. The summed E-state index contributed by atoms with van der Waals surface area (Å²) in [7, 11) is 2.18. The van der Waals surface area contributed by atoms with E-state index in [4.69, 9.17) is 5.73 Å². The highest BCUT2D eigenvalue weighted by Gasteiger charge is 2.21. The normalized spacial score (nSPS) is 12.1. The minimum Gasteiger partial charge on any atom is -0.326 e. The van der Waals surface area contributed by atoms with Gasteiger partial charge in [0, 0.05) is 18.6 Å². The Kier molecular flexibility index (Phi) is 4.51. The SMILES string of the molecule is CCC(C)(C)N(C)Cc1ccccc1CN. The molecule has 0 heterocycles. The zero-order valence-corrected chi connectivity index (χ0v) is 11.0. The van der Waals surface area contributed by atoms with E-state index in [0.717, 1.165) is 13.0 Å². The van der Waals surface area contributed by atoms with Crippen LogP contribution in [0.2, 0.25) is 0 Å². The molecule has 0 aliphatic carbocycles. The van der Waals surface area contributed by atoms with E-state index in [1.165, 1.54) is 11.1 Å². The maximum atomic E-state index is 5.75. The molecule has 2 heteroatoms. The number of benzene rings is 1. The van der Waals surface area contributed by atoms with Crippen LogP contribution in [0.4, 0.5) is 0 Å². The van der Waals surface area contributed by atoms with Crippen molar-refractivity contribution >= 4 is 0 Å². The largest absolute Gasteiger partial charge is 0.326 e. The number of hydrogen-bond acceptors (Lipinski definition) is 2. The monoisotopic (exact) mass is 220 g/mol. The van der Waals surface area contributed by atoms with Crippen molar-refractivity contribution in [3.05, 3.63) is 35.4 Å². The Hall–Kier alpha value is -0.860. The summed E-state index contributed by atoms with van der Waals surface area (Å²) in [5, 5.41) is 0. The van der Waals surface area contributed by atoms with Crippen molar-refractivity contribution in [1.29, 1.82) is 0 Å². The molecule has 1 aromatic rings. The highest BCUT2D eigenvalue weighted by atomic mass is 15.2. The predicted molar refractivity (Wildman–Crippen MR) is 70.2 cm³/mol. The molecule has 16 heavy (non-hydrogen) atoms. The Balaban J connectivity index is 2.80. The first-order valence-corrected chi connectivity index (χ1v) is 5.99. The van der Waals surface area contributed by atoms with Crippen LogP contribution in [0.1, 0.15) is 38.3 Å². The first-order valence-electron chi connectivity index (χ1n) is 5.99.